The molecule has 1 heterocycles. The zero-order valence-corrected chi connectivity index (χ0v) is 10.9. The Hall–Kier alpha value is -1.26. The molecule has 0 aliphatic carbocycles. The Bertz CT molecular complexity index is 498. The van der Waals surface area contributed by atoms with Gasteiger partial charge in [-0.25, -0.2) is 9.71 Å². The van der Waals surface area contributed by atoms with Gasteiger partial charge in [0.1, 0.15) is 5.82 Å². The van der Waals surface area contributed by atoms with Crippen molar-refractivity contribution in [2.75, 3.05) is 18.3 Å². The number of aromatic nitrogens is 2. The second kappa shape index (κ2) is 5.38. The number of carbonyl (C=O) groups is 1. The first-order valence-corrected chi connectivity index (χ1v) is 6.79. The molecule has 0 saturated carbocycles. The van der Waals surface area contributed by atoms with Gasteiger partial charge in [0.05, 0.1) is 6.42 Å². The van der Waals surface area contributed by atoms with Crippen molar-refractivity contribution in [1.82, 2.24) is 13.7 Å². The Balaban J connectivity index is 2.64. The number of anilines is 1. The van der Waals surface area contributed by atoms with E-state index in [0.717, 1.165) is 15.8 Å². The molecule has 0 aromatic carbocycles. The molecule has 1 rings (SSSR count). The zero-order valence-electron chi connectivity index (χ0n) is 9.24. The third-order valence-electron chi connectivity index (χ3n) is 1.79. The van der Waals surface area contributed by atoms with E-state index in [-0.39, 0.29) is 18.1 Å². The minimum Gasteiger partial charge on any atom is -0.481 e. The van der Waals surface area contributed by atoms with Crippen molar-refractivity contribution in [3.05, 3.63) is 5.82 Å². The van der Waals surface area contributed by atoms with Crippen LogP contribution < -0.4 is 4.72 Å². The second-order valence-electron chi connectivity index (χ2n) is 3.22. The van der Waals surface area contributed by atoms with Gasteiger partial charge in [-0.15, -0.1) is 0 Å². The molecule has 96 valence electrons. The van der Waals surface area contributed by atoms with Crippen LogP contribution in [0, 0.1) is 6.92 Å². The van der Waals surface area contributed by atoms with Gasteiger partial charge in [-0.1, -0.05) is 0 Å². The first-order chi connectivity index (χ1) is 7.81. The Morgan fingerprint density at radius 3 is 2.71 bits per heavy atom. The molecule has 0 bridgehead atoms. The molecule has 0 fully saturated rings. The highest BCUT2D eigenvalue weighted by molar-refractivity contribution is 7.90. The zero-order chi connectivity index (χ0) is 13.1. The van der Waals surface area contributed by atoms with Gasteiger partial charge < -0.3 is 5.11 Å². The lowest BCUT2D eigenvalue weighted by Gasteiger charge is -2.15. The number of rotatable bonds is 6. The summed E-state index contributed by atoms with van der Waals surface area (Å²) in [4.78, 5) is 14.2. The van der Waals surface area contributed by atoms with Crippen molar-refractivity contribution in [3.8, 4) is 0 Å². The van der Waals surface area contributed by atoms with E-state index in [1.165, 1.54) is 7.05 Å². The standard InChI is InChI=1S/C7H12N4O4S2/c1-5-8-7(16-9-5)10-17(14,15)11(2)4-3-6(12)13/h3-4H2,1-2H3,(H,12,13)(H,8,9,10). The first kappa shape index (κ1) is 13.8. The molecule has 0 amide bonds. The maximum atomic E-state index is 11.7. The molecule has 0 unspecified atom stereocenters. The molecule has 0 aliphatic rings. The lowest BCUT2D eigenvalue weighted by molar-refractivity contribution is -0.137. The monoisotopic (exact) mass is 280 g/mol. The summed E-state index contributed by atoms with van der Waals surface area (Å²) in [6, 6.07) is 0. The van der Waals surface area contributed by atoms with Crippen molar-refractivity contribution >= 4 is 32.8 Å². The number of carboxylic acids is 1. The van der Waals surface area contributed by atoms with Crippen LogP contribution in [0.3, 0.4) is 0 Å². The van der Waals surface area contributed by atoms with Crippen LogP contribution in [0.4, 0.5) is 5.13 Å². The molecule has 0 atom stereocenters. The fraction of sp³-hybridized carbons (Fsp3) is 0.571. The van der Waals surface area contributed by atoms with Crippen molar-refractivity contribution in [3.63, 3.8) is 0 Å². The molecule has 17 heavy (non-hydrogen) atoms. The summed E-state index contributed by atoms with van der Waals surface area (Å²) in [7, 11) is -2.48. The average Bonchev–Trinajstić information content (AvgIpc) is 2.59. The van der Waals surface area contributed by atoms with Crippen LogP contribution in [0.5, 0.6) is 0 Å². The van der Waals surface area contributed by atoms with Crippen molar-refractivity contribution in [2.45, 2.75) is 13.3 Å². The SMILES string of the molecule is Cc1nsc(NS(=O)(=O)N(C)CCC(=O)O)n1. The summed E-state index contributed by atoms with van der Waals surface area (Å²) in [5, 5.41) is 8.62. The lowest BCUT2D eigenvalue weighted by atomic mass is 10.4. The number of nitrogens with one attached hydrogen (secondary N) is 1. The van der Waals surface area contributed by atoms with E-state index in [1.54, 1.807) is 6.92 Å². The van der Waals surface area contributed by atoms with Crippen LogP contribution in [-0.4, -0.2) is 46.7 Å². The molecule has 1 aromatic rings. The van der Waals surface area contributed by atoms with Gasteiger partial charge in [-0.2, -0.15) is 17.1 Å². The molecule has 0 saturated heterocycles. The van der Waals surface area contributed by atoms with Crippen LogP contribution in [0.1, 0.15) is 12.2 Å². The van der Waals surface area contributed by atoms with Crippen LogP contribution in [0.15, 0.2) is 0 Å². The fourth-order valence-corrected chi connectivity index (χ4v) is 2.55. The summed E-state index contributed by atoms with van der Waals surface area (Å²) < 4.78 is 30.3. The van der Waals surface area contributed by atoms with Crippen molar-refractivity contribution < 1.29 is 18.3 Å². The molecule has 10 heteroatoms. The highest BCUT2D eigenvalue weighted by Crippen LogP contribution is 2.13. The number of hydrogen-bond donors (Lipinski definition) is 2. The molecule has 1 aromatic heterocycles. The average molecular weight is 280 g/mol. The molecule has 8 nitrogen and oxygen atoms in total. The molecule has 2 N–H and O–H groups in total. The fourth-order valence-electron chi connectivity index (χ4n) is 0.900. The van der Waals surface area contributed by atoms with E-state index in [4.69, 9.17) is 5.11 Å². The summed E-state index contributed by atoms with van der Waals surface area (Å²) in [6.45, 7) is 1.53. The molecule has 0 radical (unpaired) electrons. The summed E-state index contributed by atoms with van der Waals surface area (Å²) in [5.74, 6) is -0.584. The first-order valence-electron chi connectivity index (χ1n) is 4.57. The van der Waals surface area contributed by atoms with Gasteiger partial charge in [0.15, 0.2) is 0 Å². The number of nitrogens with zero attached hydrogens (tertiary/aromatic N) is 3. The van der Waals surface area contributed by atoms with Crippen LogP contribution in [0.25, 0.3) is 0 Å². The molecular formula is C7H12N4O4S2. The van der Waals surface area contributed by atoms with E-state index in [9.17, 15) is 13.2 Å². The van der Waals surface area contributed by atoms with Gasteiger partial charge in [-0.05, 0) is 6.92 Å². The minimum absolute atomic E-state index is 0.109. The maximum absolute atomic E-state index is 11.7. The predicted octanol–water partition coefficient (Wildman–Crippen LogP) is -0.0903. The number of aryl methyl sites for hydroxylation is 1. The van der Waals surface area contributed by atoms with Gasteiger partial charge >= 0.3 is 16.2 Å². The van der Waals surface area contributed by atoms with E-state index < -0.39 is 16.2 Å². The van der Waals surface area contributed by atoms with Crippen molar-refractivity contribution in [2.24, 2.45) is 0 Å². The van der Waals surface area contributed by atoms with Crippen molar-refractivity contribution in [1.29, 1.82) is 0 Å². The Labute approximate surface area is 103 Å². The number of carboxylic acid groups (broad SMARTS) is 1. The highest BCUT2D eigenvalue weighted by Gasteiger charge is 2.19. The highest BCUT2D eigenvalue weighted by atomic mass is 32.2. The summed E-state index contributed by atoms with van der Waals surface area (Å²) in [5.41, 5.74) is 0. The lowest BCUT2D eigenvalue weighted by Crippen LogP contribution is -2.34. The van der Waals surface area contributed by atoms with E-state index >= 15 is 0 Å². The Morgan fingerprint density at radius 2 is 2.24 bits per heavy atom. The largest absolute Gasteiger partial charge is 0.481 e. The van der Waals surface area contributed by atoms with E-state index in [1.807, 2.05) is 0 Å². The Morgan fingerprint density at radius 1 is 1.59 bits per heavy atom. The normalized spacial score (nSPS) is 11.7. The molecule has 0 aliphatic heterocycles. The van der Waals surface area contributed by atoms with Crippen LogP contribution >= 0.6 is 11.5 Å². The minimum atomic E-state index is -3.77. The van der Waals surface area contributed by atoms with Crippen LogP contribution in [-0.2, 0) is 15.0 Å². The molecule has 0 spiro atoms. The molecular weight excluding hydrogens is 268 g/mol. The van der Waals surface area contributed by atoms with E-state index in [2.05, 4.69) is 14.1 Å². The third kappa shape index (κ3) is 4.24. The summed E-state index contributed by atoms with van der Waals surface area (Å²) >= 11 is 0.924. The third-order valence-corrected chi connectivity index (χ3v) is 4.10. The van der Waals surface area contributed by atoms with Gasteiger partial charge in [0.2, 0.25) is 5.13 Å². The van der Waals surface area contributed by atoms with Gasteiger partial charge in [-0.3, -0.25) is 4.79 Å². The second-order valence-corrected chi connectivity index (χ2v) is 5.75. The topological polar surface area (TPSA) is 112 Å². The smallest absolute Gasteiger partial charge is 0.304 e. The Kier molecular flexibility index (Phi) is 4.37. The number of hydrogen-bond acceptors (Lipinski definition) is 6. The van der Waals surface area contributed by atoms with Gasteiger partial charge in [0.25, 0.3) is 0 Å². The van der Waals surface area contributed by atoms with Crippen LogP contribution in [0.2, 0.25) is 0 Å². The van der Waals surface area contributed by atoms with E-state index in [0.29, 0.717) is 5.82 Å². The number of aliphatic carboxylic acids is 1. The quantitative estimate of drug-likeness (QED) is 0.753. The van der Waals surface area contributed by atoms with Gasteiger partial charge in [0, 0.05) is 25.1 Å². The predicted molar refractivity (Wildman–Crippen MR) is 62.1 cm³/mol. The summed E-state index contributed by atoms with van der Waals surface area (Å²) in [6.07, 6.45) is -0.257. The maximum Gasteiger partial charge on any atom is 0.304 e.